The van der Waals surface area contributed by atoms with E-state index in [-0.39, 0.29) is 11.2 Å². The summed E-state index contributed by atoms with van der Waals surface area (Å²) in [5.41, 5.74) is 2.61. The Morgan fingerprint density at radius 3 is 1.88 bits per heavy atom. The molecule has 2 aromatic rings. The van der Waals surface area contributed by atoms with Crippen LogP contribution in [0.2, 0.25) is 0 Å². The van der Waals surface area contributed by atoms with Crippen molar-refractivity contribution in [1.82, 2.24) is 4.90 Å². The number of nitrogens with zero attached hydrogens (tertiary/aromatic N) is 1. The van der Waals surface area contributed by atoms with Gasteiger partial charge >= 0.3 is 0 Å². The average Bonchev–Trinajstić information content (AvgIpc) is 2.98. The zero-order valence-electron chi connectivity index (χ0n) is 14.1. The van der Waals surface area contributed by atoms with Gasteiger partial charge in [0, 0.05) is 25.0 Å². The van der Waals surface area contributed by atoms with E-state index in [2.05, 4.69) is 60.4 Å². The van der Waals surface area contributed by atoms with E-state index in [4.69, 9.17) is 11.6 Å². The van der Waals surface area contributed by atoms with Crippen LogP contribution in [-0.2, 0) is 17.9 Å². The van der Waals surface area contributed by atoms with Crippen LogP contribution in [0.5, 0.6) is 0 Å². The fourth-order valence-electron chi connectivity index (χ4n) is 3.78. The molecule has 3 rings (SSSR count). The second-order valence-electron chi connectivity index (χ2n) is 6.89. The highest BCUT2D eigenvalue weighted by molar-refractivity contribution is 6.64. The molecule has 0 aromatic heterocycles. The van der Waals surface area contributed by atoms with E-state index < -0.39 is 0 Å². The lowest BCUT2D eigenvalue weighted by Gasteiger charge is -2.29. The number of benzene rings is 2. The van der Waals surface area contributed by atoms with Gasteiger partial charge in [-0.15, -0.1) is 0 Å². The van der Waals surface area contributed by atoms with Crippen molar-refractivity contribution in [3.63, 3.8) is 0 Å². The molecule has 0 aliphatic heterocycles. The van der Waals surface area contributed by atoms with Crippen LogP contribution >= 0.6 is 11.6 Å². The summed E-state index contributed by atoms with van der Waals surface area (Å²) in [4.78, 5) is 14.2. The largest absolute Gasteiger partial charge is 0.292 e. The number of carbonyl (C=O) groups is 1. The summed E-state index contributed by atoms with van der Waals surface area (Å²) in [7, 11) is 0. The molecule has 1 aliphatic carbocycles. The molecule has 2 aromatic carbocycles. The second-order valence-corrected chi connectivity index (χ2v) is 7.26. The van der Waals surface area contributed by atoms with Crippen molar-refractivity contribution < 1.29 is 4.79 Å². The Morgan fingerprint density at radius 2 is 1.46 bits per heavy atom. The van der Waals surface area contributed by atoms with Crippen molar-refractivity contribution >= 4 is 16.8 Å². The third-order valence-electron chi connectivity index (χ3n) is 5.12. The Balaban J connectivity index is 1.78. The third kappa shape index (κ3) is 4.25. The number of carbonyl (C=O) groups excluding carboxylic acids is 1. The topological polar surface area (TPSA) is 20.3 Å². The van der Waals surface area contributed by atoms with Gasteiger partial charge in [-0.2, -0.15) is 0 Å². The van der Waals surface area contributed by atoms with Crippen LogP contribution in [-0.4, -0.2) is 16.2 Å². The first-order valence-corrected chi connectivity index (χ1v) is 9.02. The molecule has 1 aliphatic rings. The molecule has 0 heterocycles. The summed E-state index contributed by atoms with van der Waals surface area (Å²) in [5, 5.41) is -0.177. The Kier molecular flexibility index (Phi) is 5.70. The Labute approximate surface area is 149 Å². The number of rotatable bonds is 6. The van der Waals surface area contributed by atoms with Crippen molar-refractivity contribution in [3.8, 4) is 0 Å². The number of hydrogen-bond donors (Lipinski definition) is 0. The van der Waals surface area contributed by atoms with Gasteiger partial charge in [-0.25, -0.2) is 0 Å². The molecule has 3 unspecified atom stereocenters. The van der Waals surface area contributed by atoms with Crippen LogP contribution in [0.4, 0.5) is 0 Å². The van der Waals surface area contributed by atoms with Gasteiger partial charge < -0.3 is 0 Å². The van der Waals surface area contributed by atoms with Gasteiger partial charge in [0.1, 0.15) is 0 Å². The zero-order valence-corrected chi connectivity index (χ0v) is 14.8. The van der Waals surface area contributed by atoms with Crippen molar-refractivity contribution in [2.45, 2.75) is 38.9 Å². The predicted octanol–water partition coefficient (Wildman–Crippen LogP) is 4.87. The molecule has 0 N–H and O–H groups in total. The van der Waals surface area contributed by atoms with Gasteiger partial charge in [0.15, 0.2) is 0 Å². The molecule has 0 saturated heterocycles. The smallest absolute Gasteiger partial charge is 0.225 e. The molecule has 1 saturated carbocycles. The molecular formula is C21H24ClNO. The predicted molar refractivity (Wildman–Crippen MR) is 98.7 cm³/mol. The molecule has 126 valence electrons. The molecule has 0 spiro atoms. The quantitative estimate of drug-likeness (QED) is 0.699. The molecule has 24 heavy (non-hydrogen) atoms. The van der Waals surface area contributed by atoms with E-state index in [0.29, 0.717) is 12.0 Å². The highest BCUT2D eigenvalue weighted by atomic mass is 35.5. The average molecular weight is 342 g/mol. The van der Waals surface area contributed by atoms with Gasteiger partial charge in [-0.3, -0.25) is 9.69 Å². The maximum absolute atomic E-state index is 11.7. The minimum Gasteiger partial charge on any atom is -0.292 e. The summed E-state index contributed by atoms with van der Waals surface area (Å²) < 4.78 is 0. The van der Waals surface area contributed by atoms with Crippen molar-refractivity contribution in [2.75, 3.05) is 0 Å². The van der Waals surface area contributed by atoms with E-state index in [1.54, 1.807) is 0 Å². The van der Waals surface area contributed by atoms with Crippen LogP contribution in [0.15, 0.2) is 60.7 Å². The maximum atomic E-state index is 11.7. The number of hydrogen-bond acceptors (Lipinski definition) is 2. The third-order valence-corrected chi connectivity index (χ3v) is 5.40. The minimum atomic E-state index is -0.177. The maximum Gasteiger partial charge on any atom is 0.225 e. The van der Waals surface area contributed by atoms with Gasteiger partial charge in [-0.1, -0.05) is 67.6 Å². The van der Waals surface area contributed by atoms with Gasteiger partial charge in [0.05, 0.1) is 0 Å². The second kappa shape index (κ2) is 7.96. The molecular weight excluding hydrogens is 318 g/mol. The lowest BCUT2D eigenvalue weighted by molar-refractivity contribution is -0.116. The molecule has 2 nitrogen and oxygen atoms in total. The Hall–Kier alpha value is -1.64. The van der Waals surface area contributed by atoms with Gasteiger partial charge in [0.2, 0.25) is 5.24 Å². The van der Waals surface area contributed by atoms with E-state index in [1.807, 2.05) is 12.1 Å². The fraction of sp³-hybridized carbons (Fsp3) is 0.381. The van der Waals surface area contributed by atoms with Crippen molar-refractivity contribution in [2.24, 2.45) is 11.8 Å². The molecule has 3 heteroatoms. The van der Waals surface area contributed by atoms with Crippen LogP contribution in [0.25, 0.3) is 0 Å². The SMILES string of the molecule is CC1CC(N(Cc2ccccc2)Cc2ccccc2)CC1C(=O)Cl. The summed E-state index contributed by atoms with van der Waals surface area (Å²) >= 11 is 5.81. The molecule has 3 atom stereocenters. The normalized spacial score (nSPS) is 23.5. The summed E-state index contributed by atoms with van der Waals surface area (Å²) in [6.07, 6.45) is 1.89. The first-order valence-electron chi connectivity index (χ1n) is 8.64. The molecule has 0 bridgehead atoms. The van der Waals surface area contributed by atoms with E-state index in [9.17, 15) is 4.79 Å². The van der Waals surface area contributed by atoms with Crippen molar-refractivity contribution in [1.29, 1.82) is 0 Å². The monoisotopic (exact) mass is 341 g/mol. The summed E-state index contributed by atoms with van der Waals surface area (Å²) in [6.45, 7) is 3.95. The molecule has 0 radical (unpaired) electrons. The van der Waals surface area contributed by atoms with Crippen molar-refractivity contribution in [3.05, 3.63) is 71.8 Å². The Bertz CT molecular complexity index is 617. The molecule has 1 fully saturated rings. The van der Waals surface area contributed by atoms with Gasteiger partial charge in [-0.05, 0) is 41.5 Å². The van der Waals surface area contributed by atoms with Crippen LogP contribution in [0.1, 0.15) is 30.9 Å². The standard InChI is InChI=1S/C21H24ClNO/c1-16-12-19(13-20(16)21(22)24)23(14-17-8-4-2-5-9-17)15-18-10-6-3-7-11-18/h2-11,16,19-20H,12-15H2,1H3. The van der Waals surface area contributed by atoms with Crippen LogP contribution in [0, 0.1) is 11.8 Å². The fourth-order valence-corrected chi connectivity index (χ4v) is 4.08. The number of halogens is 1. The van der Waals surface area contributed by atoms with Crippen LogP contribution in [0.3, 0.4) is 0 Å². The van der Waals surface area contributed by atoms with E-state index in [1.165, 1.54) is 11.1 Å². The van der Waals surface area contributed by atoms with E-state index >= 15 is 0 Å². The zero-order chi connectivity index (χ0) is 16.9. The minimum absolute atomic E-state index is 0.00860. The highest BCUT2D eigenvalue weighted by Crippen LogP contribution is 2.37. The molecule has 0 amide bonds. The van der Waals surface area contributed by atoms with Crippen LogP contribution < -0.4 is 0 Å². The summed E-state index contributed by atoms with van der Waals surface area (Å²) in [6, 6.07) is 21.5. The summed E-state index contributed by atoms with van der Waals surface area (Å²) in [5.74, 6) is 0.347. The van der Waals surface area contributed by atoms with Gasteiger partial charge in [0.25, 0.3) is 0 Å². The lowest BCUT2D eigenvalue weighted by atomic mass is 10.0. The lowest BCUT2D eigenvalue weighted by Crippen LogP contribution is -2.33. The highest BCUT2D eigenvalue weighted by Gasteiger charge is 2.37. The first kappa shape index (κ1) is 17.2. The first-order chi connectivity index (χ1) is 11.6. The van der Waals surface area contributed by atoms with E-state index in [0.717, 1.165) is 25.9 Å². The Morgan fingerprint density at radius 1 is 0.958 bits per heavy atom.